The van der Waals surface area contributed by atoms with Crippen LogP contribution in [0.4, 0.5) is 0 Å². The highest BCUT2D eigenvalue weighted by Gasteiger charge is 2.16. The van der Waals surface area contributed by atoms with Crippen LogP contribution in [0.1, 0.15) is 37.9 Å². The SMILES string of the molecule is Cc1cc2cnc(OC3CCCCC3)nc2o1. The zero-order valence-corrected chi connectivity index (χ0v) is 9.98. The number of hydrogen-bond acceptors (Lipinski definition) is 4. The maximum Gasteiger partial charge on any atom is 0.320 e. The van der Waals surface area contributed by atoms with Gasteiger partial charge in [0.25, 0.3) is 0 Å². The largest absolute Gasteiger partial charge is 0.460 e. The van der Waals surface area contributed by atoms with Gasteiger partial charge in [-0.3, -0.25) is 0 Å². The van der Waals surface area contributed by atoms with E-state index in [0.717, 1.165) is 24.0 Å². The highest BCUT2D eigenvalue weighted by molar-refractivity contribution is 5.72. The summed E-state index contributed by atoms with van der Waals surface area (Å²) < 4.78 is 11.3. The van der Waals surface area contributed by atoms with E-state index >= 15 is 0 Å². The summed E-state index contributed by atoms with van der Waals surface area (Å²) in [6, 6.07) is 2.37. The van der Waals surface area contributed by atoms with E-state index in [0.29, 0.717) is 11.7 Å². The zero-order chi connectivity index (χ0) is 11.7. The number of fused-ring (bicyclic) bond motifs is 1. The molecular formula is C13H16N2O2. The maximum absolute atomic E-state index is 5.79. The molecule has 2 heterocycles. The Balaban J connectivity index is 1.79. The molecule has 0 unspecified atom stereocenters. The normalized spacial score (nSPS) is 17.5. The van der Waals surface area contributed by atoms with E-state index in [1.54, 1.807) is 6.20 Å². The van der Waals surface area contributed by atoms with Crippen molar-refractivity contribution in [1.82, 2.24) is 9.97 Å². The Morgan fingerprint density at radius 3 is 2.94 bits per heavy atom. The van der Waals surface area contributed by atoms with Gasteiger partial charge in [-0.1, -0.05) is 6.42 Å². The van der Waals surface area contributed by atoms with Gasteiger partial charge in [-0.2, -0.15) is 4.98 Å². The Hall–Kier alpha value is -1.58. The standard InChI is InChI=1S/C13H16N2O2/c1-9-7-10-8-14-13(15-12(10)16-9)17-11-5-3-2-4-6-11/h7-8,11H,2-6H2,1H3. The van der Waals surface area contributed by atoms with Crippen LogP contribution in [-0.2, 0) is 0 Å². The summed E-state index contributed by atoms with van der Waals surface area (Å²) in [6.07, 6.45) is 8.06. The van der Waals surface area contributed by atoms with Crippen LogP contribution in [0.15, 0.2) is 16.7 Å². The molecule has 90 valence electrons. The molecule has 0 aliphatic heterocycles. The Labute approximate surface area is 100 Å². The van der Waals surface area contributed by atoms with Gasteiger partial charge in [-0.25, -0.2) is 4.98 Å². The van der Waals surface area contributed by atoms with E-state index < -0.39 is 0 Å². The minimum atomic E-state index is 0.275. The number of ether oxygens (including phenoxy) is 1. The molecule has 0 saturated heterocycles. The number of hydrogen-bond donors (Lipinski definition) is 0. The molecule has 17 heavy (non-hydrogen) atoms. The number of furan rings is 1. The van der Waals surface area contributed by atoms with Crippen molar-refractivity contribution in [2.75, 3.05) is 0 Å². The lowest BCUT2D eigenvalue weighted by molar-refractivity contribution is 0.142. The fourth-order valence-corrected chi connectivity index (χ4v) is 2.33. The van der Waals surface area contributed by atoms with E-state index in [4.69, 9.17) is 9.15 Å². The molecule has 0 aromatic carbocycles. The van der Waals surface area contributed by atoms with Crippen LogP contribution in [0.5, 0.6) is 6.01 Å². The first-order chi connectivity index (χ1) is 8.31. The molecule has 4 heteroatoms. The molecule has 2 aromatic heterocycles. The van der Waals surface area contributed by atoms with E-state index in [1.165, 1.54) is 19.3 Å². The third-order valence-electron chi connectivity index (χ3n) is 3.20. The molecule has 0 amide bonds. The lowest BCUT2D eigenvalue weighted by atomic mass is 9.98. The molecule has 0 atom stereocenters. The van der Waals surface area contributed by atoms with E-state index in [-0.39, 0.29) is 6.10 Å². The monoisotopic (exact) mass is 232 g/mol. The summed E-state index contributed by atoms with van der Waals surface area (Å²) in [5.41, 5.74) is 0.614. The summed E-state index contributed by atoms with van der Waals surface area (Å²) in [6.45, 7) is 1.91. The summed E-state index contributed by atoms with van der Waals surface area (Å²) >= 11 is 0. The second-order valence-corrected chi connectivity index (χ2v) is 4.65. The molecule has 1 saturated carbocycles. The third-order valence-corrected chi connectivity index (χ3v) is 3.20. The quantitative estimate of drug-likeness (QED) is 0.797. The minimum Gasteiger partial charge on any atom is -0.460 e. The van der Waals surface area contributed by atoms with Crippen LogP contribution in [-0.4, -0.2) is 16.1 Å². The number of aromatic nitrogens is 2. The Kier molecular flexibility index (Phi) is 2.71. The van der Waals surface area contributed by atoms with Crippen LogP contribution in [0.2, 0.25) is 0 Å². The maximum atomic E-state index is 5.79. The van der Waals surface area contributed by atoms with Gasteiger partial charge in [0.2, 0.25) is 5.71 Å². The van der Waals surface area contributed by atoms with Gasteiger partial charge < -0.3 is 9.15 Å². The molecule has 0 bridgehead atoms. The number of nitrogens with zero attached hydrogens (tertiary/aromatic N) is 2. The molecule has 1 aliphatic carbocycles. The fourth-order valence-electron chi connectivity index (χ4n) is 2.33. The van der Waals surface area contributed by atoms with Crippen LogP contribution >= 0.6 is 0 Å². The van der Waals surface area contributed by atoms with Crippen LogP contribution in [0.3, 0.4) is 0 Å². The van der Waals surface area contributed by atoms with Gasteiger partial charge >= 0.3 is 6.01 Å². The Morgan fingerprint density at radius 1 is 1.29 bits per heavy atom. The highest BCUT2D eigenvalue weighted by atomic mass is 16.5. The lowest BCUT2D eigenvalue weighted by Crippen LogP contribution is -2.20. The summed E-state index contributed by atoms with van der Waals surface area (Å²) in [5, 5.41) is 0.929. The highest BCUT2D eigenvalue weighted by Crippen LogP contribution is 2.23. The molecule has 0 spiro atoms. The fraction of sp³-hybridized carbons (Fsp3) is 0.538. The van der Waals surface area contributed by atoms with Gasteiger partial charge in [0.05, 0.1) is 5.39 Å². The van der Waals surface area contributed by atoms with Crippen molar-refractivity contribution in [1.29, 1.82) is 0 Å². The Morgan fingerprint density at radius 2 is 2.12 bits per heavy atom. The van der Waals surface area contributed by atoms with Gasteiger partial charge in [0.15, 0.2) is 0 Å². The van der Waals surface area contributed by atoms with Gasteiger partial charge in [-0.15, -0.1) is 0 Å². The van der Waals surface area contributed by atoms with Crippen molar-refractivity contribution in [3.8, 4) is 6.01 Å². The molecular weight excluding hydrogens is 216 g/mol. The lowest BCUT2D eigenvalue weighted by Gasteiger charge is -2.21. The average molecular weight is 232 g/mol. The number of aryl methyl sites for hydroxylation is 1. The van der Waals surface area contributed by atoms with E-state index in [2.05, 4.69) is 9.97 Å². The second kappa shape index (κ2) is 4.35. The topological polar surface area (TPSA) is 48.2 Å². The Bertz CT molecular complexity index is 515. The van der Waals surface area contributed by atoms with Gasteiger partial charge in [0.1, 0.15) is 11.9 Å². The summed E-state index contributed by atoms with van der Waals surface area (Å²) in [5.74, 6) is 0.851. The second-order valence-electron chi connectivity index (χ2n) is 4.65. The van der Waals surface area contributed by atoms with Gasteiger partial charge in [0, 0.05) is 6.20 Å². The summed E-state index contributed by atoms with van der Waals surface area (Å²) in [7, 11) is 0. The molecule has 2 aromatic rings. The van der Waals surface area contributed by atoms with Crippen molar-refractivity contribution in [3.63, 3.8) is 0 Å². The predicted molar refractivity (Wildman–Crippen MR) is 64.0 cm³/mol. The van der Waals surface area contributed by atoms with Crippen molar-refractivity contribution in [3.05, 3.63) is 18.0 Å². The van der Waals surface area contributed by atoms with Crippen molar-refractivity contribution >= 4 is 11.1 Å². The molecule has 1 fully saturated rings. The predicted octanol–water partition coefficient (Wildman–Crippen LogP) is 3.24. The molecule has 0 N–H and O–H groups in total. The van der Waals surface area contributed by atoms with Crippen LogP contribution < -0.4 is 4.74 Å². The average Bonchev–Trinajstić information content (AvgIpc) is 2.70. The van der Waals surface area contributed by atoms with E-state index in [9.17, 15) is 0 Å². The van der Waals surface area contributed by atoms with E-state index in [1.807, 2.05) is 13.0 Å². The third kappa shape index (κ3) is 2.25. The molecule has 1 aliphatic rings. The first-order valence-corrected chi connectivity index (χ1v) is 6.21. The van der Waals surface area contributed by atoms with Gasteiger partial charge in [-0.05, 0) is 38.7 Å². The summed E-state index contributed by atoms with van der Waals surface area (Å²) in [4.78, 5) is 8.51. The zero-order valence-electron chi connectivity index (χ0n) is 9.98. The van der Waals surface area contributed by atoms with Crippen LogP contribution in [0, 0.1) is 6.92 Å². The first-order valence-electron chi connectivity index (χ1n) is 6.21. The minimum absolute atomic E-state index is 0.275. The van der Waals surface area contributed by atoms with Crippen molar-refractivity contribution in [2.24, 2.45) is 0 Å². The first kappa shape index (κ1) is 10.6. The molecule has 3 rings (SSSR count). The smallest absolute Gasteiger partial charge is 0.320 e. The van der Waals surface area contributed by atoms with Crippen LogP contribution in [0.25, 0.3) is 11.1 Å². The number of rotatable bonds is 2. The molecule has 4 nitrogen and oxygen atoms in total. The molecule has 0 radical (unpaired) electrons. The van der Waals surface area contributed by atoms with Crippen molar-refractivity contribution < 1.29 is 9.15 Å². The van der Waals surface area contributed by atoms with Crippen molar-refractivity contribution in [2.45, 2.75) is 45.1 Å².